The van der Waals surface area contributed by atoms with E-state index in [1.54, 1.807) is 19.1 Å². The van der Waals surface area contributed by atoms with E-state index in [2.05, 4.69) is 5.10 Å². The van der Waals surface area contributed by atoms with Gasteiger partial charge in [0.05, 0.1) is 14.2 Å². The van der Waals surface area contributed by atoms with Crippen LogP contribution in [0.1, 0.15) is 16.2 Å². The number of aromatic nitrogens is 2. The van der Waals surface area contributed by atoms with Crippen LogP contribution in [0.15, 0.2) is 24.3 Å². The third-order valence-corrected chi connectivity index (χ3v) is 3.84. The number of benzene rings is 1. The van der Waals surface area contributed by atoms with Crippen molar-refractivity contribution in [1.82, 2.24) is 9.78 Å². The zero-order valence-electron chi connectivity index (χ0n) is 9.70. The zero-order valence-corrected chi connectivity index (χ0v) is 11.9. The molecule has 0 aliphatic heterocycles. The van der Waals surface area contributed by atoms with E-state index in [4.69, 9.17) is 5.11 Å². The van der Waals surface area contributed by atoms with Gasteiger partial charge < -0.3 is 5.11 Å². The van der Waals surface area contributed by atoms with E-state index in [-0.39, 0.29) is 17.1 Å². The van der Waals surface area contributed by atoms with E-state index in [0.717, 1.165) is 0 Å². The summed E-state index contributed by atoms with van der Waals surface area (Å²) in [5.74, 6) is -1.16. The van der Waals surface area contributed by atoms with E-state index in [1.165, 1.54) is 16.8 Å². The van der Waals surface area contributed by atoms with E-state index >= 15 is 0 Å². The topological polar surface area (TPSA) is 98.3 Å². The quantitative estimate of drug-likeness (QED) is 0.506. The molecule has 0 spiro atoms. The standard InChI is InChI=1S/C11H8IN3O4/c1-6-9(12)10(11(16)17)13-14(6)7-4-2-3-5-8(7)15(18)19/h2-5H,1H3,(H,16,17). The molecule has 0 aliphatic carbocycles. The third-order valence-electron chi connectivity index (χ3n) is 2.55. The summed E-state index contributed by atoms with van der Waals surface area (Å²) in [6.07, 6.45) is 0. The summed E-state index contributed by atoms with van der Waals surface area (Å²) in [6, 6.07) is 6.06. The number of nitrogens with zero attached hydrogens (tertiary/aromatic N) is 3. The van der Waals surface area contributed by atoms with Crippen molar-refractivity contribution in [1.29, 1.82) is 0 Å². The lowest BCUT2D eigenvalue weighted by Gasteiger charge is -2.04. The van der Waals surface area contributed by atoms with Gasteiger partial charge in [0, 0.05) is 6.07 Å². The molecule has 2 aromatic rings. The Bertz CT molecular complexity index is 681. The number of para-hydroxylation sites is 2. The fourth-order valence-electron chi connectivity index (χ4n) is 1.65. The van der Waals surface area contributed by atoms with Crippen molar-refractivity contribution in [2.75, 3.05) is 0 Å². The number of hydrogen-bond acceptors (Lipinski definition) is 4. The minimum atomic E-state index is -1.16. The highest BCUT2D eigenvalue weighted by Gasteiger charge is 2.22. The molecule has 2 rings (SSSR count). The van der Waals surface area contributed by atoms with Gasteiger partial charge in [-0.2, -0.15) is 5.10 Å². The molecule has 7 nitrogen and oxygen atoms in total. The van der Waals surface area contributed by atoms with Gasteiger partial charge in [0.1, 0.15) is 5.69 Å². The van der Waals surface area contributed by atoms with Crippen LogP contribution in [0.4, 0.5) is 5.69 Å². The van der Waals surface area contributed by atoms with Crippen LogP contribution in [0, 0.1) is 20.6 Å². The SMILES string of the molecule is Cc1c(I)c(C(=O)O)nn1-c1ccccc1[N+](=O)[O-]. The molecule has 0 saturated heterocycles. The smallest absolute Gasteiger partial charge is 0.357 e. The van der Waals surface area contributed by atoms with Crippen molar-refractivity contribution in [2.45, 2.75) is 6.92 Å². The summed E-state index contributed by atoms with van der Waals surface area (Å²) in [7, 11) is 0. The Kier molecular flexibility index (Phi) is 3.51. The van der Waals surface area contributed by atoms with Gasteiger partial charge in [-0.15, -0.1) is 0 Å². The average Bonchev–Trinajstić information content (AvgIpc) is 2.66. The second-order valence-electron chi connectivity index (χ2n) is 3.71. The number of carbonyl (C=O) groups is 1. The van der Waals surface area contributed by atoms with E-state index in [0.29, 0.717) is 9.26 Å². The molecular formula is C11H8IN3O4. The van der Waals surface area contributed by atoms with Crippen LogP contribution in [0.5, 0.6) is 0 Å². The molecule has 0 saturated carbocycles. The van der Waals surface area contributed by atoms with Gasteiger partial charge in [-0.25, -0.2) is 9.48 Å². The maximum Gasteiger partial charge on any atom is 0.357 e. The number of carboxylic acids is 1. The van der Waals surface area contributed by atoms with Crippen LogP contribution < -0.4 is 0 Å². The van der Waals surface area contributed by atoms with Crippen LogP contribution in [-0.2, 0) is 0 Å². The predicted molar refractivity (Wildman–Crippen MR) is 74.6 cm³/mol. The van der Waals surface area contributed by atoms with Crippen LogP contribution in [-0.4, -0.2) is 25.8 Å². The van der Waals surface area contributed by atoms with E-state index in [1.807, 2.05) is 22.6 Å². The molecule has 19 heavy (non-hydrogen) atoms. The van der Waals surface area contributed by atoms with Crippen LogP contribution >= 0.6 is 22.6 Å². The fraction of sp³-hybridized carbons (Fsp3) is 0.0909. The molecule has 98 valence electrons. The second-order valence-corrected chi connectivity index (χ2v) is 4.79. The van der Waals surface area contributed by atoms with E-state index in [9.17, 15) is 14.9 Å². The molecule has 1 heterocycles. The molecule has 1 aromatic carbocycles. The molecule has 1 aromatic heterocycles. The van der Waals surface area contributed by atoms with Gasteiger partial charge in [-0.05, 0) is 35.6 Å². The average molecular weight is 373 g/mol. The van der Waals surface area contributed by atoms with Crippen molar-refractivity contribution < 1.29 is 14.8 Å². The van der Waals surface area contributed by atoms with Gasteiger partial charge in [0.15, 0.2) is 5.69 Å². The molecule has 0 unspecified atom stereocenters. The lowest BCUT2D eigenvalue weighted by molar-refractivity contribution is -0.384. The molecule has 1 N–H and O–H groups in total. The normalized spacial score (nSPS) is 10.4. The highest BCUT2D eigenvalue weighted by Crippen LogP contribution is 2.26. The highest BCUT2D eigenvalue weighted by molar-refractivity contribution is 14.1. The largest absolute Gasteiger partial charge is 0.476 e. The van der Waals surface area contributed by atoms with Crippen molar-refractivity contribution in [3.8, 4) is 5.69 Å². The number of nitro groups is 1. The summed E-state index contributed by atoms with van der Waals surface area (Å²) in [4.78, 5) is 21.5. The van der Waals surface area contributed by atoms with Crippen molar-refractivity contribution >= 4 is 34.2 Å². The van der Waals surface area contributed by atoms with Crippen molar-refractivity contribution in [3.05, 3.63) is 49.3 Å². The molecular weight excluding hydrogens is 365 g/mol. The Morgan fingerprint density at radius 3 is 2.63 bits per heavy atom. The number of hydrogen-bond donors (Lipinski definition) is 1. The first-order valence-corrected chi connectivity index (χ1v) is 6.23. The summed E-state index contributed by atoms with van der Waals surface area (Å²) in [5, 5.41) is 23.9. The monoisotopic (exact) mass is 373 g/mol. The lowest BCUT2D eigenvalue weighted by Crippen LogP contribution is -2.05. The Labute approximate surface area is 121 Å². The maximum absolute atomic E-state index is 11.0. The summed E-state index contributed by atoms with van der Waals surface area (Å²) in [6.45, 7) is 1.66. The summed E-state index contributed by atoms with van der Waals surface area (Å²) in [5.41, 5.74) is 0.556. The molecule has 0 aliphatic rings. The Morgan fingerprint density at radius 2 is 2.11 bits per heavy atom. The Hall–Kier alpha value is -1.97. The van der Waals surface area contributed by atoms with Gasteiger partial charge in [0.25, 0.3) is 5.69 Å². The first kappa shape index (κ1) is 13.5. The summed E-state index contributed by atoms with van der Waals surface area (Å²) < 4.78 is 1.74. The second kappa shape index (κ2) is 4.96. The predicted octanol–water partition coefficient (Wildman–Crippen LogP) is 2.39. The molecule has 0 fully saturated rings. The number of halogens is 1. The molecule has 8 heteroatoms. The van der Waals surface area contributed by atoms with Crippen LogP contribution in [0.25, 0.3) is 5.69 Å². The highest BCUT2D eigenvalue weighted by atomic mass is 127. The Morgan fingerprint density at radius 1 is 1.47 bits per heavy atom. The molecule has 0 atom stereocenters. The maximum atomic E-state index is 11.0. The van der Waals surface area contributed by atoms with Crippen molar-refractivity contribution in [3.63, 3.8) is 0 Å². The fourth-order valence-corrected chi connectivity index (χ4v) is 2.22. The molecule has 0 amide bonds. The summed E-state index contributed by atoms with van der Waals surface area (Å²) >= 11 is 1.86. The van der Waals surface area contributed by atoms with Crippen molar-refractivity contribution in [2.24, 2.45) is 0 Å². The number of rotatable bonds is 3. The van der Waals surface area contributed by atoms with Gasteiger partial charge in [-0.3, -0.25) is 10.1 Å². The zero-order chi connectivity index (χ0) is 14.2. The number of aromatic carboxylic acids is 1. The van der Waals surface area contributed by atoms with Gasteiger partial charge in [0.2, 0.25) is 0 Å². The van der Waals surface area contributed by atoms with Crippen LogP contribution in [0.2, 0.25) is 0 Å². The van der Waals surface area contributed by atoms with E-state index < -0.39 is 10.9 Å². The van der Waals surface area contributed by atoms with Gasteiger partial charge in [-0.1, -0.05) is 12.1 Å². The first-order valence-electron chi connectivity index (χ1n) is 5.15. The Balaban J connectivity index is 2.70. The van der Waals surface area contributed by atoms with Crippen LogP contribution in [0.3, 0.4) is 0 Å². The first-order chi connectivity index (χ1) is 8.93. The number of carboxylic acid groups (broad SMARTS) is 1. The third kappa shape index (κ3) is 2.30. The molecule has 0 radical (unpaired) electrons. The molecule has 0 bridgehead atoms. The minimum Gasteiger partial charge on any atom is -0.476 e. The minimum absolute atomic E-state index is 0.115. The van der Waals surface area contributed by atoms with Gasteiger partial charge >= 0.3 is 5.97 Å². The lowest BCUT2D eigenvalue weighted by atomic mass is 10.2. The number of nitro benzene ring substituents is 1.